The number of carbonyl (C=O) groups excluding carboxylic acids is 1. The van der Waals surface area contributed by atoms with Crippen molar-refractivity contribution in [1.82, 2.24) is 9.78 Å². The zero-order chi connectivity index (χ0) is 13.1. The number of nitriles is 1. The molecule has 1 heterocycles. The standard InChI is InChI=1S/C12H9BrN4O/c1-17-5-4-11(16-17)12(18)15-10-3-2-8(7-14)6-9(10)13/h2-6H,1H3,(H,15,18). The van der Waals surface area contributed by atoms with E-state index < -0.39 is 0 Å². The van der Waals surface area contributed by atoms with Crippen molar-refractivity contribution in [1.29, 1.82) is 5.26 Å². The van der Waals surface area contributed by atoms with E-state index in [1.165, 1.54) is 0 Å². The topological polar surface area (TPSA) is 70.7 Å². The van der Waals surface area contributed by atoms with Gasteiger partial charge in [-0.15, -0.1) is 0 Å². The summed E-state index contributed by atoms with van der Waals surface area (Å²) < 4.78 is 2.22. The van der Waals surface area contributed by atoms with Crippen molar-refractivity contribution in [2.24, 2.45) is 7.05 Å². The first-order valence-electron chi connectivity index (χ1n) is 5.11. The Hall–Kier alpha value is -2.13. The minimum atomic E-state index is -0.291. The number of hydrogen-bond acceptors (Lipinski definition) is 3. The Morgan fingerprint density at radius 3 is 2.83 bits per heavy atom. The fourth-order valence-corrected chi connectivity index (χ4v) is 1.89. The number of nitrogens with zero attached hydrogens (tertiary/aromatic N) is 3. The number of amides is 1. The van der Waals surface area contributed by atoms with Gasteiger partial charge in [0.2, 0.25) is 0 Å². The van der Waals surface area contributed by atoms with Crippen LogP contribution in [0.25, 0.3) is 0 Å². The molecule has 1 aromatic heterocycles. The Morgan fingerprint density at radius 2 is 2.28 bits per heavy atom. The van der Waals surface area contributed by atoms with Gasteiger partial charge in [0.25, 0.3) is 5.91 Å². The van der Waals surface area contributed by atoms with Gasteiger partial charge in [0.1, 0.15) is 0 Å². The molecule has 0 aliphatic carbocycles. The van der Waals surface area contributed by atoms with Gasteiger partial charge in [-0.05, 0) is 40.2 Å². The van der Waals surface area contributed by atoms with Crippen LogP contribution in [0.4, 0.5) is 5.69 Å². The first-order valence-corrected chi connectivity index (χ1v) is 5.90. The van der Waals surface area contributed by atoms with E-state index in [1.54, 1.807) is 42.2 Å². The van der Waals surface area contributed by atoms with Gasteiger partial charge in [-0.1, -0.05) is 0 Å². The maximum Gasteiger partial charge on any atom is 0.276 e. The van der Waals surface area contributed by atoms with Crippen molar-refractivity contribution in [3.63, 3.8) is 0 Å². The molecule has 2 rings (SSSR count). The van der Waals surface area contributed by atoms with Crippen molar-refractivity contribution in [2.75, 3.05) is 5.32 Å². The average Bonchev–Trinajstić information content (AvgIpc) is 2.78. The third-order valence-corrected chi connectivity index (χ3v) is 2.95. The van der Waals surface area contributed by atoms with Crippen molar-refractivity contribution < 1.29 is 4.79 Å². The number of anilines is 1. The van der Waals surface area contributed by atoms with Crippen LogP contribution in [0.15, 0.2) is 34.9 Å². The number of aryl methyl sites for hydroxylation is 1. The lowest BCUT2D eigenvalue weighted by atomic mass is 10.2. The Labute approximate surface area is 112 Å². The molecular formula is C12H9BrN4O. The number of halogens is 1. The molecule has 0 saturated heterocycles. The summed E-state index contributed by atoms with van der Waals surface area (Å²) in [5.41, 5.74) is 1.47. The third-order valence-electron chi connectivity index (χ3n) is 2.29. The highest BCUT2D eigenvalue weighted by Gasteiger charge is 2.11. The van der Waals surface area contributed by atoms with Gasteiger partial charge in [-0.3, -0.25) is 9.48 Å². The molecule has 0 fully saturated rings. The third kappa shape index (κ3) is 2.57. The molecule has 0 aliphatic heterocycles. The van der Waals surface area contributed by atoms with E-state index in [2.05, 4.69) is 26.3 Å². The predicted octanol–water partition coefficient (Wildman–Crippen LogP) is 2.31. The lowest BCUT2D eigenvalue weighted by molar-refractivity contribution is 0.102. The minimum absolute atomic E-state index is 0.291. The summed E-state index contributed by atoms with van der Waals surface area (Å²) in [6.45, 7) is 0. The van der Waals surface area contributed by atoms with Crippen LogP contribution in [0.2, 0.25) is 0 Å². The summed E-state index contributed by atoms with van der Waals surface area (Å²) in [5, 5.41) is 15.5. The second kappa shape index (κ2) is 5.02. The Kier molecular flexibility index (Phi) is 3.44. The van der Waals surface area contributed by atoms with E-state index in [1.807, 2.05) is 6.07 Å². The number of carbonyl (C=O) groups is 1. The highest BCUT2D eigenvalue weighted by atomic mass is 79.9. The van der Waals surface area contributed by atoms with Crippen LogP contribution in [-0.4, -0.2) is 15.7 Å². The van der Waals surface area contributed by atoms with E-state index in [0.29, 0.717) is 21.4 Å². The van der Waals surface area contributed by atoms with Gasteiger partial charge in [-0.2, -0.15) is 10.4 Å². The molecule has 6 heteroatoms. The molecule has 1 aromatic carbocycles. The number of nitrogens with one attached hydrogen (secondary N) is 1. The lowest BCUT2D eigenvalue weighted by Crippen LogP contribution is -2.13. The average molecular weight is 305 g/mol. The Morgan fingerprint density at radius 1 is 1.50 bits per heavy atom. The summed E-state index contributed by atoms with van der Waals surface area (Å²) >= 11 is 3.30. The van der Waals surface area contributed by atoms with E-state index in [-0.39, 0.29) is 5.91 Å². The van der Waals surface area contributed by atoms with Crippen LogP contribution in [0.5, 0.6) is 0 Å². The summed E-state index contributed by atoms with van der Waals surface area (Å²) in [7, 11) is 1.74. The molecule has 0 atom stereocenters. The van der Waals surface area contributed by atoms with Crippen LogP contribution < -0.4 is 5.32 Å². The summed E-state index contributed by atoms with van der Waals surface area (Å²) in [4.78, 5) is 11.9. The SMILES string of the molecule is Cn1ccc(C(=O)Nc2ccc(C#N)cc2Br)n1. The molecular weight excluding hydrogens is 296 g/mol. The van der Waals surface area contributed by atoms with Crippen molar-refractivity contribution in [2.45, 2.75) is 0 Å². The van der Waals surface area contributed by atoms with Gasteiger partial charge in [0.05, 0.1) is 17.3 Å². The van der Waals surface area contributed by atoms with Crippen LogP contribution >= 0.6 is 15.9 Å². The fourth-order valence-electron chi connectivity index (χ4n) is 1.41. The first kappa shape index (κ1) is 12.3. The van der Waals surface area contributed by atoms with Crippen LogP contribution in [0.1, 0.15) is 16.1 Å². The molecule has 1 amide bonds. The summed E-state index contributed by atoms with van der Waals surface area (Å²) in [5.74, 6) is -0.291. The van der Waals surface area contributed by atoms with Crippen LogP contribution in [-0.2, 0) is 7.05 Å². The second-order valence-electron chi connectivity index (χ2n) is 3.64. The molecule has 0 unspecified atom stereocenters. The monoisotopic (exact) mass is 304 g/mol. The smallest absolute Gasteiger partial charge is 0.276 e. The lowest BCUT2D eigenvalue weighted by Gasteiger charge is -2.05. The fraction of sp³-hybridized carbons (Fsp3) is 0.0833. The van der Waals surface area contributed by atoms with E-state index >= 15 is 0 Å². The van der Waals surface area contributed by atoms with Crippen LogP contribution in [0, 0.1) is 11.3 Å². The van der Waals surface area contributed by atoms with Gasteiger partial charge in [0, 0.05) is 17.7 Å². The zero-order valence-electron chi connectivity index (χ0n) is 9.51. The van der Waals surface area contributed by atoms with Crippen molar-refractivity contribution >= 4 is 27.5 Å². The van der Waals surface area contributed by atoms with Crippen LogP contribution in [0.3, 0.4) is 0 Å². The van der Waals surface area contributed by atoms with Crippen molar-refractivity contribution in [3.05, 3.63) is 46.2 Å². The molecule has 0 saturated carbocycles. The number of aromatic nitrogens is 2. The predicted molar refractivity (Wildman–Crippen MR) is 70.0 cm³/mol. The summed E-state index contributed by atoms with van der Waals surface area (Å²) in [6.07, 6.45) is 1.70. The highest BCUT2D eigenvalue weighted by Crippen LogP contribution is 2.23. The van der Waals surface area contributed by atoms with E-state index in [9.17, 15) is 4.79 Å². The Bertz CT molecular complexity index is 642. The molecule has 0 radical (unpaired) electrons. The normalized spacial score (nSPS) is 9.83. The largest absolute Gasteiger partial charge is 0.320 e. The number of rotatable bonds is 2. The first-order chi connectivity index (χ1) is 8.60. The number of benzene rings is 1. The molecule has 18 heavy (non-hydrogen) atoms. The zero-order valence-corrected chi connectivity index (χ0v) is 11.1. The Balaban J connectivity index is 2.20. The molecule has 0 aliphatic rings. The molecule has 0 bridgehead atoms. The van der Waals surface area contributed by atoms with Gasteiger partial charge in [-0.25, -0.2) is 0 Å². The van der Waals surface area contributed by atoms with E-state index in [0.717, 1.165) is 0 Å². The minimum Gasteiger partial charge on any atom is -0.320 e. The number of hydrogen-bond donors (Lipinski definition) is 1. The van der Waals surface area contributed by atoms with Gasteiger partial charge in [0.15, 0.2) is 5.69 Å². The quantitative estimate of drug-likeness (QED) is 0.925. The highest BCUT2D eigenvalue weighted by molar-refractivity contribution is 9.10. The molecule has 2 aromatic rings. The summed E-state index contributed by atoms with van der Waals surface area (Å²) in [6, 6.07) is 8.61. The molecule has 0 spiro atoms. The molecule has 1 N–H and O–H groups in total. The maximum atomic E-state index is 11.9. The maximum absolute atomic E-state index is 11.9. The van der Waals surface area contributed by atoms with Crippen molar-refractivity contribution in [3.8, 4) is 6.07 Å². The van der Waals surface area contributed by atoms with Gasteiger partial charge >= 0.3 is 0 Å². The van der Waals surface area contributed by atoms with Gasteiger partial charge < -0.3 is 5.32 Å². The molecule has 90 valence electrons. The molecule has 5 nitrogen and oxygen atoms in total. The van der Waals surface area contributed by atoms with E-state index in [4.69, 9.17) is 5.26 Å². The second-order valence-corrected chi connectivity index (χ2v) is 4.49.